The number of amides is 1. The van der Waals surface area contributed by atoms with E-state index in [9.17, 15) is 14.7 Å². The molecule has 2 aromatic carbocycles. The van der Waals surface area contributed by atoms with E-state index in [0.29, 0.717) is 6.54 Å². The van der Waals surface area contributed by atoms with Crippen LogP contribution in [0.3, 0.4) is 0 Å². The van der Waals surface area contributed by atoms with Crippen LogP contribution in [-0.2, 0) is 16.0 Å². The van der Waals surface area contributed by atoms with Crippen LogP contribution in [0.1, 0.15) is 22.3 Å². The first-order valence-corrected chi connectivity index (χ1v) is 7.56. The molecule has 0 aliphatic carbocycles. The van der Waals surface area contributed by atoms with Gasteiger partial charge < -0.3 is 20.3 Å². The molecule has 6 nitrogen and oxygen atoms in total. The van der Waals surface area contributed by atoms with E-state index in [1.807, 2.05) is 30.3 Å². The van der Waals surface area contributed by atoms with Crippen molar-refractivity contribution in [2.24, 2.45) is 0 Å². The number of hydrogen-bond donors (Lipinski definition) is 3. The summed E-state index contributed by atoms with van der Waals surface area (Å²) in [6.45, 7) is 0.0558. The molecule has 2 aromatic rings. The molecule has 0 saturated heterocycles. The molecule has 2 rings (SSSR count). The normalized spacial score (nSPS) is 10.2. The Balaban J connectivity index is 1.68. The highest BCUT2D eigenvalue weighted by Crippen LogP contribution is 2.23. The van der Waals surface area contributed by atoms with E-state index in [1.54, 1.807) is 0 Å². The van der Waals surface area contributed by atoms with Gasteiger partial charge in [0, 0.05) is 12.6 Å². The molecule has 126 valence electrons. The van der Waals surface area contributed by atoms with Gasteiger partial charge in [0.1, 0.15) is 17.1 Å². The fourth-order valence-electron chi connectivity index (χ4n) is 2.12. The minimum Gasteiger partial charge on any atom is -0.508 e. The second-order valence-electron chi connectivity index (χ2n) is 5.22. The Labute approximate surface area is 139 Å². The standard InChI is InChI=1S/C18H19NO5/c20-14-8-9-15(16(21)11-14)18(23)24-12-17(22)19-10-4-7-13-5-2-1-3-6-13/h1-3,5-6,8-9,11,20-21H,4,7,10,12H2,(H,19,22). The number of rotatable bonds is 7. The monoisotopic (exact) mass is 329 g/mol. The fraction of sp³-hybridized carbons (Fsp3) is 0.222. The van der Waals surface area contributed by atoms with Gasteiger partial charge in [0.05, 0.1) is 0 Å². The van der Waals surface area contributed by atoms with Crippen molar-refractivity contribution in [3.05, 3.63) is 59.7 Å². The molecule has 0 radical (unpaired) electrons. The van der Waals surface area contributed by atoms with Crippen molar-refractivity contribution in [3.8, 4) is 11.5 Å². The molecule has 0 aliphatic heterocycles. The fourth-order valence-corrected chi connectivity index (χ4v) is 2.12. The Morgan fingerprint density at radius 3 is 2.50 bits per heavy atom. The lowest BCUT2D eigenvalue weighted by Crippen LogP contribution is -2.29. The minimum absolute atomic E-state index is 0.107. The maximum atomic E-state index is 11.8. The van der Waals surface area contributed by atoms with E-state index < -0.39 is 24.2 Å². The van der Waals surface area contributed by atoms with Crippen LogP contribution in [0, 0.1) is 0 Å². The van der Waals surface area contributed by atoms with Crippen LogP contribution in [0.25, 0.3) is 0 Å². The lowest BCUT2D eigenvalue weighted by molar-refractivity contribution is -0.124. The number of esters is 1. The zero-order valence-electron chi connectivity index (χ0n) is 13.1. The largest absolute Gasteiger partial charge is 0.508 e. The molecule has 0 fully saturated rings. The molecular formula is C18H19NO5. The summed E-state index contributed by atoms with van der Waals surface area (Å²) < 4.78 is 4.83. The molecule has 0 bridgehead atoms. The Bertz CT molecular complexity index is 700. The first-order chi connectivity index (χ1) is 11.6. The van der Waals surface area contributed by atoms with E-state index in [4.69, 9.17) is 9.84 Å². The third kappa shape index (κ3) is 5.31. The van der Waals surface area contributed by atoms with Crippen molar-refractivity contribution < 1.29 is 24.5 Å². The first-order valence-electron chi connectivity index (χ1n) is 7.56. The summed E-state index contributed by atoms with van der Waals surface area (Å²) in [5.41, 5.74) is 1.09. The number of phenolic OH excluding ortho intramolecular Hbond substituents is 2. The van der Waals surface area contributed by atoms with Crippen molar-refractivity contribution in [3.63, 3.8) is 0 Å². The van der Waals surface area contributed by atoms with Gasteiger partial charge in [0.2, 0.25) is 0 Å². The number of ether oxygens (including phenoxy) is 1. The van der Waals surface area contributed by atoms with E-state index in [2.05, 4.69) is 5.32 Å². The van der Waals surface area contributed by atoms with Crippen LogP contribution in [-0.4, -0.2) is 35.2 Å². The van der Waals surface area contributed by atoms with Gasteiger partial charge in [-0.15, -0.1) is 0 Å². The predicted molar refractivity (Wildman–Crippen MR) is 87.8 cm³/mol. The molecule has 0 unspecified atom stereocenters. The number of nitrogens with one attached hydrogen (secondary N) is 1. The van der Waals surface area contributed by atoms with Gasteiger partial charge in [-0.25, -0.2) is 4.79 Å². The number of carbonyl (C=O) groups excluding carboxylic acids is 2. The van der Waals surface area contributed by atoms with Gasteiger partial charge in [-0.2, -0.15) is 0 Å². The number of carbonyl (C=O) groups is 2. The summed E-state index contributed by atoms with van der Waals surface area (Å²) in [4.78, 5) is 23.4. The topological polar surface area (TPSA) is 95.9 Å². The Morgan fingerprint density at radius 1 is 1.04 bits per heavy atom. The lowest BCUT2D eigenvalue weighted by atomic mass is 10.1. The van der Waals surface area contributed by atoms with E-state index >= 15 is 0 Å². The molecule has 0 aromatic heterocycles. The van der Waals surface area contributed by atoms with Crippen LogP contribution in [0.2, 0.25) is 0 Å². The molecule has 1 amide bonds. The van der Waals surface area contributed by atoms with Gasteiger partial charge in [-0.3, -0.25) is 4.79 Å². The number of benzene rings is 2. The third-order valence-electron chi connectivity index (χ3n) is 3.34. The highest BCUT2D eigenvalue weighted by molar-refractivity contribution is 5.94. The SMILES string of the molecule is O=C(COC(=O)c1ccc(O)cc1O)NCCCc1ccccc1. The summed E-state index contributed by atoms with van der Waals surface area (Å²) in [6.07, 6.45) is 1.63. The molecular weight excluding hydrogens is 310 g/mol. The molecule has 0 saturated carbocycles. The van der Waals surface area contributed by atoms with E-state index in [-0.39, 0.29) is 11.3 Å². The van der Waals surface area contributed by atoms with Crippen molar-refractivity contribution in [1.82, 2.24) is 5.32 Å². The van der Waals surface area contributed by atoms with Crippen molar-refractivity contribution in [1.29, 1.82) is 0 Å². The van der Waals surface area contributed by atoms with Crippen LogP contribution in [0.4, 0.5) is 0 Å². The second kappa shape index (κ2) is 8.57. The van der Waals surface area contributed by atoms with Crippen LogP contribution < -0.4 is 5.32 Å². The average Bonchev–Trinajstić information content (AvgIpc) is 2.57. The summed E-state index contributed by atoms with van der Waals surface area (Å²) in [5.74, 6) is -1.80. The Hall–Kier alpha value is -3.02. The second-order valence-corrected chi connectivity index (χ2v) is 5.22. The summed E-state index contributed by atoms with van der Waals surface area (Å²) >= 11 is 0. The first kappa shape index (κ1) is 17.3. The minimum atomic E-state index is -0.827. The van der Waals surface area contributed by atoms with Crippen LogP contribution in [0.15, 0.2) is 48.5 Å². The van der Waals surface area contributed by atoms with Gasteiger partial charge in [0.25, 0.3) is 5.91 Å². The Morgan fingerprint density at radius 2 is 1.79 bits per heavy atom. The quantitative estimate of drug-likeness (QED) is 0.533. The number of aryl methyl sites for hydroxylation is 1. The van der Waals surface area contributed by atoms with Crippen molar-refractivity contribution >= 4 is 11.9 Å². The maximum absolute atomic E-state index is 11.8. The number of hydrogen-bond acceptors (Lipinski definition) is 5. The van der Waals surface area contributed by atoms with Crippen LogP contribution >= 0.6 is 0 Å². The van der Waals surface area contributed by atoms with Crippen molar-refractivity contribution in [2.45, 2.75) is 12.8 Å². The summed E-state index contributed by atoms with van der Waals surface area (Å²) in [7, 11) is 0. The molecule has 0 atom stereocenters. The van der Waals surface area contributed by atoms with E-state index in [1.165, 1.54) is 17.7 Å². The van der Waals surface area contributed by atoms with Gasteiger partial charge >= 0.3 is 5.97 Å². The molecule has 24 heavy (non-hydrogen) atoms. The molecule has 0 aliphatic rings. The third-order valence-corrected chi connectivity index (χ3v) is 3.34. The summed E-state index contributed by atoms with van der Waals surface area (Å²) in [5, 5.41) is 21.4. The smallest absolute Gasteiger partial charge is 0.342 e. The lowest BCUT2D eigenvalue weighted by Gasteiger charge is -2.08. The summed E-state index contributed by atoms with van der Waals surface area (Å²) in [6, 6.07) is 13.4. The highest BCUT2D eigenvalue weighted by Gasteiger charge is 2.14. The van der Waals surface area contributed by atoms with Crippen molar-refractivity contribution in [2.75, 3.05) is 13.2 Å². The number of aromatic hydroxyl groups is 2. The highest BCUT2D eigenvalue weighted by atomic mass is 16.5. The van der Waals surface area contributed by atoms with Gasteiger partial charge in [-0.1, -0.05) is 30.3 Å². The maximum Gasteiger partial charge on any atom is 0.342 e. The van der Waals surface area contributed by atoms with Gasteiger partial charge in [-0.05, 0) is 30.5 Å². The molecule has 3 N–H and O–H groups in total. The Kier molecular flexibility index (Phi) is 6.19. The number of phenols is 2. The average molecular weight is 329 g/mol. The molecule has 0 spiro atoms. The van der Waals surface area contributed by atoms with E-state index in [0.717, 1.165) is 18.9 Å². The van der Waals surface area contributed by atoms with Crippen LogP contribution in [0.5, 0.6) is 11.5 Å². The zero-order chi connectivity index (χ0) is 17.4. The molecule has 6 heteroatoms. The van der Waals surface area contributed by atoms with Gasteiger partial charge in [0.15, 0.2) is 6.61 Å². The predicted octanol–water partition coefficient (Wildman–Crippen LogP) is 2.00. The molecule has 0 heterocycles. The zero-order valence-corrected chi connectivity index (χ0v) is 13.1.